The van der Waals surface area contributed by atoms with Gasteiger partial charge in [0.05, 0.1) is 16.3 Å². The van der Waals surface area contributed by atoms with Gasteiger partial charge in [-0.3, -0.25) is 9.59 Å². The van der Waals surface area contributed by atoms with Crippen LogP contribution in [0.2, 0.25) is 0 Å². The second-order valence-corrected chi connectivity index (χ2v) is 8.94. The third kappa shape index (κ3) is 4.60. The summed E-state index contributed by atoms with van der Waals surface area (Å²) in [5, 5.41) is 3.52. The highest BCUT2D eigenvalue weighted by atomic mass is 32.1. The number of ketones is 1. The number of benzene rings is 2. The Kier molecular flexibility index (Phi) is 6.55. The lowest BCUT2D eigenvalue weighted by Crippen LogP contribution is -2.44. The van der Waals surface area contributed by atoms with E-state index in [1.54, 1.807) is 0 Å². The molecule has 5 nitrogen and oxygen atoms in total. The molecule has 6 heteroatoms. The van der Waals surface area contributed by atoms with E-state index in [1.165, 1.54) is 22.5 Å². The average Bonchev–Trinajstić information content (AvgIpc) is 3.22. The molecule has 0 bridgehead atoms. The Morgan fingerprint density at radius 1 is 1.10 bits per heavy atom. The Hall–Kier alpha value is -2.57. The van der Waals surface area contributed by atoms with E-state index in [1.807, 2.05) is 36.4 Å². The number of unbranched alkanes of at least 4 members (excludes halogenated alkanes) is 1. The molecule has 3 aromatic rings. The maximum atomic E-state index is 13.2. The van der Waals surface area contributed by atoms with E-state index in [4.69, 9.17) is 5.73 Å². The molecule has 1 aliphatic rings. The van der Waals surface area contributed by atoms with Crippen molar-refractivity contribution in [3.63, 3.8) is 0 Å². The zero-order chi connectivity index (χ0) is 20.9. The van der Waals surface area contributed by atoms with E-state index in [-0.39, 0.29) is 17.6 Å². The number of nitrogens with one attached hydrogen (secondary N) is 1. The predicted octanol–water partition coefficient (Wildman–Crippen LogP) is 3.90. The van der Waals surface area contributed by atoms with Gasteiger partial charge < -0.3 is 11.1 Å². The highest BCUT2D eigenvalue weighted by molar-refractivity contribution is 7.20. The quantitative estimate of drug-likeness (QED) is 0.427. The van der Waals surface area contributed by atoms with Gasteiger partial charge in [0, 0.05) is 5.92 Å². The average molecular weight is 422 g/mol. The summed E-state index contributed by atoms with van der Waals surface area (Å²) in [4.78, 5) is 30.8. The Morgan fingerprint density at radius 2 is 1.87 bits per heavy atom. The van der Waals surface area contributed by atoms with Crippen LogP contribution in [0.4, 0.5) is 0 Å². The number of para-hydroxylation sites is 1. The first-order chi connectivity index (χ1) is 14.7. The first kappa shape index (κ1) is 20.7. The van der Waals surface area contributed by atoms with E-state index in [0.717, 1.165) is 42.3 Å². The number of amides is 1. The number of aryl methyl sites for hydroxylation is 1. The van der Waals surface area contributed by atoms with Crippen molar-refractivity contribution in [3.8, 4) is 0 Å². The maximum Gasteiger partial charge on any atom is 0.224 e. The van der Waals surface area contributed by atoms with E-state index in [9.17, 15) is 9.59 Å². The van der Waals surface area contributed by atoms with Crippen LogP contribution in [0.5, 0.6) is 0 Å². The lowest BCUT2D eigenvalue weighted by atomic mass is 9.83. The van der Waals surface area contributed by atoms with Crippen LogP contribution in [0.1, 0.15) is 46.6 Å². The number of fused-ring (bicyclic) bond motifs is 2. The van der Waals surface area contributed by atoms with Gasteiger partial charge in [-0.25, -0.2) is 4.98 Å². The van der Waals surface area contributed by atoms with Crippen LogP contribution in [-0.2, 0) is 17.6 Å². The highest BCUT2D eigenvalue weighted by Gasteiger charge is 2.29. The lowest BCUT2D eigenvalue weighted by molar-refractivity contribution is -0.125. The molecule has 1 heterocycles. The van der Waals surface area contributed by atoms with Crippen LogP contribution >= 0.6 is 11.3 Å². The van der Waals surface area contributed by atoms with E-state index < -0.39 is 6.04 Å². The third-order valence-electron chi connectivity index (χ3n) is 5.80. The summed E-state index contributed by atoms with van der Waals surface area (Å²) < 4.78 is 0.983. The smallest absolute Gasteiger partial charge is 0.224 e. The molecule has 1 unspecified atom stereocenters. The van der Waals surface area contributed by atoms with Gasteiger partial charge in [-0.2, -0.15) is 0 Å². The third-order valence-corrected chi connectivity index (χ3v) is 6.85. The topological polar surface area (TPSA) is 85.1 Å². The fourth-order valence-corrected chi connectivity index (χ4v) is 5.06. The zero-order valence-electron chi connectivity index (χ0n) is 17.0. The van der Waals surface area contributed by atoms with Gasteiger partial charge in [-0.15, -0.1) is 11.3 Å². The minimum Gasteiger partial charge on any atom is -0.346 e. The van der Waals surface area contributed by atoms with Crippen LogP contribution < -0.4 is 11.1 Å². The van der Waals surface area contributed by atoms with Crippen molar-refractivity contribution in [3.05, 3.63) is 64.7 Å². The standard InChI is InChI=1S/C24H27N3O2S/c25-14-6-5-10-20(22(28)24-27-19-9-3-4-11-21(19)30-24)26-23(29)18-13-12-16-7-1-2-8-17(16)15-18/h1-4,7-9,11,18,20H,5-6,10,12-15,25H2,(H,26,29)/t18?,20-/m0/s1. The van der Waals surface area contributed by atoms with Crippen molar-refractivity contribution in [1.29, 1.82) is 0 Å². The summed E-state index contributed by atoms with van der Waals surface area (Å²) in [6.45, 7) is 0.579. The first-order valence-electron chi connectivity index (χ1n) is 10.6. The summed E-state index contributed by atoms with van der Waals surface area (Å²) in [5.74, 6) is -0.227. The minimum atomic E-state index is -0.554. The number of nitrogens with two attached hydrogens (primary N) is 1. The van der Waals surface area contributed by atoms with Crippen LogP contribution in [0.15, 0.2) is 48.5 Å². The predicted molar refractivity (Wildman–Crippen MR) is 121 cm³/mol. The summed E-state index contributed by atoms with van der Waals surface area (Å²) in [6.07, 6.45) is 4.65. The number of thiazole rings is 1. The Bertz CT molecular complexity index is 1010. The molecule has 4 rings (SSSR count). The van der Waals surface area contributed by atoms with E-state index in [0.29, 0.717) is 18.0 Å². The van der Waals surface area contributed by atoms with Crippen molar-refractivity contribution >= 4 is 33.2 Å². The van der Waals surface area contributed by atoms with Gasteiger partial charge in [0.2, 0.25) is 11.7 Å². The summed E-state index contributed by atoms with van der Waals surface area (Å²) >= 11 is 1.39. The molecule has 0 aliphatic heterocycles. The van der Waals surface area contributed by atoms with Crippen LogP contribution in [0.3, 0.4) is 0 Å². The van der Waals surface area contributed by atoms with Gasteiger partial charge in [0.15, 0.2) is 5.01 Å². The number of nitrogens with zero attached hydrogens (tertiary/aromatic N) is 1. The lowest BCUT2D eigenvalue weighted by Gasteiger charge is -2.26. The number of carbonyl (C=O) groups is 2. The molecule has 0 fully saturated rings. The molecule has 0 saturated heterocycles. The van der Waals surface area contributed by atoms with Crippen LogP contribution in [0.25, 0.3) is 10.2 Å². The number of hydrogen-bond donors (Lipinski definition) is 2. The molecule has 1 amide bonds. The molecular formula is C24H27N3O2S. The molecule has 1 aromatic heterocycles. The number of rotatable bonds is 8. The summed E-state index contributed by atoms with van der Waals surface area (Å²) in [6, 6.07) is 15.5. The zero-order valence-corrected chi connectivity index (χ0v) is 17.8. The van der Waals surface area contributed by atoms with Crippen LogP contribution in [-0.4, -0.2) is 29.3 Å². The number of Topliss-reactive ketones (excluding diaryl/α,β-unsaturated/α-hetero) is 1. The summed E-state index contributed by atoms with van der Waals surface area (Å²) in [5.41, 5.74) is 9.02. The summed E-state index contributed by atoms with van der Waals surface area (Å²) in [7, 11) is 0. The normalized spacial score (nSPS) is 16.8. The molecule has 0 saturated carbocycles. The molecule has 2 aromatic carbocycles. The minimum absolute atomic E-state index is 0.0308. The monoisotopic (exact) mass is 421 g/mol. The maximum absolute atomic E-state index is 13.2. The van der Waals surface area contributed by atoms with Crippen LogP contribution in [0, 0.1) is 5.92 Å². The van der Waals surface area contributed by atoms with Gasteiger partial charge >= 0.3 is 0 Å². The molecular weight excluding hydrogens is 394 g/mol. The SMILES string of the molecule is NCCCC[C@H](NC(=O)C1CCc2ccccc2C1)C(=O)c1nc2ccccc2s1. The number of hydrogen-bond acceptors (Lipinski definition) is 5. The van der Waals surface area contributed by atoms with E-state index >= 15 is 0 Å². The van der Waals surface area contributed by atoms with Crippen molar-refractivity contribution in [2.75, 3.05) is 6.54 Å². The van der Waals surface area contributed by atoms with Crippen molar-refractivity contribution < 1.29 is 9.59 Å². The molecule has 2 atom stereocenters. The largest absolute Gasteiger partial charge is 0.346 e. The fourth-order valence-electron chi connectivity index (χ4n) is 4.10. The molecule has 3 N–H and O–H groups in total. The first-order valence-corrected chi connectivity index (χ1v) is 11.4. The van der Waals surface area contributed by atoms with Gasteiger partial charge in [-0.05, 0) is 68.3 Å². The van der Waals surface area contributed by atoms with Crippen molar-refractivity contribution in [1.82, 2.24) is 10.3 Å². The highest BCUT2D eigenvalue weighted by Crippen LogP contribution is 2.27. The van der Waals surface area contributed by atoms with Crippen molar-refractivity contribution in [2.24, 2.45) is 11.7 Å². The Balaban J connectivity index is 1.49. The molecule has 156 valence electrons. The molecule has 1 aliphatic carbocycles. The molecule has 30 heavy (non-hydrogen) atoms. The second-order valence-electron chi connectivity index (χ2n) is 7.91. The Labute approximate surface area is 180 Å². The van der Waals surface area contributed by atoms with Gasteiger partial charge in [0.1, 0.15) is 0 Å². The number of aromatic nitrogens is 1. The van der Waals surface area contributed by atoms with Gasteiger partial charge in [0.25, 0.3) is 0 Å². The molecule has 0 spiro atoms. The number of carbonyl (C=O) groups excluding carboxylic acids is 2. The van der Waals surface area contributed by atoms with Crippen molar-refractivity contribution in [2.45, 2.75) is 44.6 Å². The van der Waals surface area contributed by atoms with E-state index in [2.05, 4.69) is 22.4 Å². The second kappa shape index (κ2) is 9.49. The van der Waals surface area contributed by atoms with Gasteiger partial charge in [-0.1, -0.05) is 36.4 Å². The Morgan fingerprint density at radius 3 is 2.67 bits per heavy atom. The fraction of sp³-hybridized carbons (Fsp3) is 0.375. The molecule has 0 radical (unpaired) electrons.